The first-order chi connectivity index (χ1) is 7.06. The summed E-state index contributed by atoms with van der Waals surface area (Å²) in [6.45, 7) is 4.02. The number of thioether (sulfide) groups is 1. The van der Waals surface area contributed by atoms with Crippen LogP contribution in [-0.4, -0.2) is 16.5 Å². The average molecular weight is 224 g/mol. The summed E-state index contributed by atoms with van der Waals surface area (Å²) in [6, 6.07) is 3.25. The highest BCUT2D eigenvalue weighted by atomic mass is 32.2. The molecule has 2 rings (SSSR count). The number of H-pyrrole nitrogens is 1. The van der Waals surface area contributed by atoms with E-state index < -0.39 is 0 Å². The third kappa shape index (κ3) is 1.63. The Morgan fingerprint density at radius 3 is 2.80 bits per heavy atom. The van der Waals surface area contributed by atoms with Crippen LogP contribution < -0.4 is 0 Å². The van der Waals surface area contributed by atoms with Crippen molar-refractivity contribution in [2.45, 2.75) is 18.6 Å². The Bertz CT molecular complexity index is 490. The van der Waals surface area contributed by atoms with E-state index in [0.29, 0.717) is 5.56 Å². The van der Waals surface area contributed by atoms with Gasteiger partial charge < -0.3 is 0 Å². The summed E-state index contributed by atoms with van der Waals surface area (Å²) >= 11 is 1.62. The summed E-state index contributed by atoms with van der Waals surface area (Å²) < 4.78 is 13.6. The predicted octanol–water partition coefficient (Wildman–Crippen LogP) is 3.30. The molecule has 2 aromatic rings. The second-order valence-corrected chi connectivity index (χ2v) is 5.40. The lowest BCUT2D eigenvalue weighted by molar-refractivity contribution is 0.590. The fourth-order valence-electron chi connectivity index (χ4n) is 1.68. The van der Waals surface area contributed by atoms with E-state index in [0.717, 1.165) is 10.9 Å². The molecule has 0 saturated heterocycles. The first-order valence-electron chi connectivity index (χ1n) is 4.73. The molecular weight excluding hydrogens is 211 g/mol. The molecule has 0 unspecified atom stereocenters. The van der Waals surface area contributed by atoms with Gasteiger partial charge in [-0.2, -0.15) is 16.9 Å². The van der Waals surface area contributed by atoms with E-state index in [1.165, 1.54) is 6.07 Å². The molecular formula is C11H13FN2S. The monoisotopic (exact) mass is 224 g/mol. The van der Waals surface area contributed by atoms with Crippen molar-refractivity contribution in [1.82, 2.24) is 10.2 Å². The van der Waals surface area contributed by atoms with Crippen molar-refractivity contribution >= 4 is 22.7 Å². The smallest absolute Gasteiger partial charge is 0.129 e. The van der Waals surface area contributed by atoms with Crippen LogP contribution in [0.3, 0.4) is 0 Å². The molecule has 4 heteroatoms. The van der Waals surface area contributed by atoms with Gasteiger partial charge in [-0.25, -0.2) is 4.39 Å². The molecule has 15 heavy (non-hydrogen) atoms. The second kappa shape index (κ2) is 3.52. The largest absolute Gasteiger partial charge is 0.277 e. The summed E-state index contributed by atoms with van der Waals surface area (Å²) in [7, 11) is 0. The maximum Gasteiger partial charge on any atom is 0.129 e. The molecule has 0 aliphatic carbocycles. The van der Waals surface area contributed by atoms with Crippen LogP contribution in [0.4, 0.5) is 4.39 Å². The molecule has 1 N–H and O–H groups in total. The van der Waals surface area contributed by atoms with Crippen LogP contribution in [-0.2, 0) is 4.75 Å². The first-order valence-corrected chi connectivity index (χ1v) is 5.96. The quantitative estimate of drug-likeness (QED) is 0.847. The summed E-state index contributed by atoms with van der Waals surface area (Å²) in [5.74, 6) is -0.175. The minimum absolute atomic E-state index is 0.175. The molecule has 80 valence electrons. The normalized spacial score (nSPS) is 12.3. The molecule has 0 saturated carbocycles. The van der Waals surface area contributed by atoms with E-state index in [9.17, 15) is 4.39 Å². The van der Waals surface area contributed by atoms with Gasteiger partial charge in [0.05, 0.1) is 11.7 Å². The Kier molecular flexibility index (Phi) is 2.46. The van der Waals surface area contributed by atoms with Crippen LogP contribution in [0.25, 0.3) is 10.9 Å². The molecule has 0 aliphatic heterocycles. The maximum absolute atomic E-state index is 13.8. The zero-order valence-electron chi connectivity index (χ0n) is 8.97. The van der Waals surface area contributed by atoms with Crippen molar-refractivity contribution in [3.8, 4) is 0 Å². The molecule has 0 amide bonds. The molecule has 1 aromatic heterocycles. The van der Waals surface area contributed by atoms with Crippen LogP contribution in [0.1, 0.15) is 19.4 Å². The first kappa shape index (κ1) is 10.5. The van der Waals surface area contributed by atoms with E-state index >= 15 is 0 Å². The molecule has 0 atom stereocenters. The van der Waals surface area contributed by atoms with Gasteiger partial charge in [0, 0.05) is 15.7 Å². The van der Waals surface area contributed by atoms with Crippen LogP contribution in [0.5, 0.6) is 0 Å². The number of aromatic nitrogens is 2. The molecule has 0 radical (unpaired) electrons. The van der Waals surface area contributed by atoms with Gasteiger partial charge >= 0.3 is 0 Å². The highest BCUT2D eigenvalue weighted by Crippen LogP contribution is 2.38. The molecule has 2 nitrogen and oxygen atoms in total. The molecule has 0 aliphatic rings. The lowest BCUT2D eigenvalue weighted by Crippen LogP contribution is -2.14. The number of hydrogen-bond donors (Lipinski definition) is 1. The van der Waals surface area contributed by atoms with Crippen molar-refractivity contribution < 1.29 is 4.39 Å². The number of halogens is 1. The Labute approximate surface area is 92.3 Å². The molecule has 0 fully saturated rings. The van der Waals surface area contributed by atoms with Crippen LogP contribution in [0, 0.1) is 5.82 Å². The fourth-order valence-corrected chi connectivity index (χ4v) is 2.08. The molecule has 1 aromatic carbocycles. The summed E-state index contributed by atoms with van der Waals surface area (Å²) in [5.41, 5.74) is 1.50. The zero-order chi connectivity index (χ0) is 11.1. The third-order valence-corrected chi connectivity index (χ3v) is 3.90. The lowest BCUT2D eigenvalue weighted by atomic mass is 9.99. The van der Waals surface area contributed by atoms with E-state index in [1.807, 2.05) is 20.1 Å². The number of hydrogen-bond acceptors (Lipinski definition) is 2. The number of benzene rings is 1. The molecule has 1 heterocycles. The Balaban J connectivity index is 2.77. The number of aromatic amines is 1. The second-order valence-electron chi connectivity index (χ2n) is 3.97. The zero-order valence-corrected chi connectivity index (χ0v) is 9.78. The number of rotatable bonds is 2. The summed E-state index contributed by atoms with van der Waals surface area (Å²) in [5, 5.41) is 7.77. The lowest BCUT2D eigenvalue weighted by Gasteiger charge is -2.23. The standard InChI is InChI=1S/C11H13FN2S/c1-11(2,15-3)9-8(12)5-4-7-6-13-14-10(7)9/h4-6H,1-3H3,(H,13,14). The van der Waals surface area contributed by atoms with Crippen LogP contribution >= 0.6 is 11.8 Å². The van der Waals surface area contributed by atoms with Gasteiger partial charge in [0.15, 0.2) is 0 Å². The number of nitrogens with zero attached hydrogens (tertiary/aromatic N) is 1. The van der Waals surface area contributed by atoms with E-state index in [2.05, 4.69) is 10.2 Å². The van der Waals surface area contributed by atoms with Gasteiger partial charge in [-0.3, -0.25) is 5.10 Å². The summed E-state index contributed by atoms with van der Waals surface area (Å²) in [4.78, 5) is 0. The predicted molar refractivity (Wildman–Crippen MR) is 62.6 cm³/mol. The third-order valence-electron chi connectivity index (χ3n) is 2.68. The molecule has 0 bridgehead atoms. The average Bonchev–Trinajstić information content (AvgIpc) is 2.64. The Hall–Kier alpha value is -1.03. The topological polar surface area (TPSA) is 28.7 Å². The van der Waals surface area contributed by atoms with E-state index in [1.54, 1.807) is 24.0 Å². The fraction of sp³-hybridized carbons (Fsp3) is 0.364. The van der Waals surface area contributed by atoms with Crippen LogP contribution in [0.15, 0.2) is 18.3 Å². The minimum Gasteiger partial charge on any atom is -0.277 e. The van der Waals surface area contributed by atoms with Gasteiger partial charge in [0.1, 0.15) is 5.82 Å². The minimum atomic E-state index is -0.254. The molecule has 0 spiro atoms. The van der Waals surface area contributed by atoms with E-state index in [-0.39, 0.29) is 10.6 Å². The van der Waals surface area contributed by atoms with Crippen molar-refractivity contribution in [2.24, 2.45) is 0 Å². The Morgan fingerprint density at radius 2 is 2.13 bits per heavy atom. The van der Waals surface area contributed by atoms with Crippen molar-refractivity contribution in [3.05, 3.63) is 29.7 Å². The van der Waals surface area contributed by atoms with Gasteiger partial charge in [0.25, 0.3) is 0 Å². The maximum atomic E-state index is 13.8. The van der Waals surface area contributed by atoms with Crippen molar-refractivity contribution in [3.63, 3.8) is 0 Å². The van der Waals surface area contributed by atoms with Crippen molar-refractivity contribution in [1.29, 1.82) is 0 Å². The van der Waals surface area contributed by atoms with Gasteiger partial charge in [-0.05, 0) is 32.2 Å². The number of fused-ring (bicyclic) bond motifs is 1. The summed E-state index contributed by atoms with van der Waals surface area (Å²) in [6.07, 6.45) is 3.70. The SMILES string of the molecule is CSC(C)(C)c1c(F)ccc2cn[nH]c12. The highest BCUT2D eigenvalue weighted by molar-refractivity contribution is 7.99. The van der Waals surface area contributed by atoms with Gasteiger partial charge in [0.2, 0.25) is 0 Å². The number of nitrogens with one attached hydrogen (secondary N) is 1. The highest BCUT2D eigenvalue weighted by Gasteiger charge is 2.26. The van der Waals surface area contributed by atoms with Crippen molar-refractivity contribution in [2.75, 3.05) is 6.26 Å². The Morgan fingerprint density at radius 1 is 1.40 bits per heavy atom. The van der Waals surface area contributed by atoms with Gasteiger partial charge in [-0.1, -0.05) is 0 Å². The van der Waals surface area contributed by atoms with Gasteiger partial charge in [-0.15, -0.1) is 0 Å². The van der Waals surface area contributed by atoms with E-state index in [4.69, 9.17) is 0 Å². The van der Waals surface area contributed by atoms with Crippen LogP contribution in [0.2, 0.25) is 0 Å².